The van der Waals surface area contributed by atoms with Crippen LogP contribution in [-0.2, 0) is 15.1 Å². The van der Waals surface area contributed by atoms with E-state index >= 15 is 0 Å². The lowest BCUT2D eigenvalue weighted by atomic mass is 9.81. The number of carbonyl (C=O) groups is 1. The van der Waals surface area contributed by atoms with Crippen molar-refractivity contribution < 1.29 is 9.53 Å². The quantitative estimate of drug-likeness (QED) is 0.818. The average molecular weight is 292 g/mol. The number of ether oxygens (including phenoxy) is 1. The molecule has 1 atom stereocenters. The molecule has 3 rings (SSSR count). The second-order valence-corrected chi connectivity index (χ2v) is 5.75. The van der Waals surface area contributed by atoms with Gasteiger partial charge in [0.15, 0.2) is 11.4 Å². The molecular weight excluding hydrogens is 272 g/mol. The van der Waals surface area contributed by atoms with Gasteiger partial charge < -0.3 is 4.74 Å². The van der Waals surface area contributed by atoms with Crippen molar-refractivity contribution in [1.82, 2.24) is 0 Å². The van der Waals surface area contributed by atoms with E-state index in [1.165, 1.54) is 11.1 Å². The van der Waals surface area contributed by atoms with Gasteiger partial charge in [-0.2, -0.15) is 0 Å². The van der Waals surface area contributed by atoms with Crippen molar-refractivity contribution >= 4 is 11.4 Å². The Morgan fingerprint density at radius 2 is 1.59 bits per heavy atom. The predicted octanol–water partition coefficient (Wildman–Crippen LogP) is 4.71. The van der Waals surface area contributed by atoms with Gasteiger partial charge in [0.1, 0.15) is 0 Å². The molecule has 1 unspecified atom stereocenters. The number of Topliss-reactive ketones (excluding diaryl/α,β-unsaturated/α-hetero) is 1. The fraction of sp³-hybridized carbons (Fsp3) is 0.250. The second-order valence-electron chi connectivity index (χ2n) is 5.75. The Bertz CT molecular complexity index is 701. The van der Waals surface area contributed by atoms with Gasteiger partial charge in [0, 0.05) is 12.0 Å². The molecule has 1 aliphatic rings. The van der Waals surface area contributed by atoms with Crippen LogP contribution >= 0.6 is 0 Å². The number of ketones is 1. The van der Waals surface area contributed by atoms with Crippen molar-refractivity contribution in [2.24, 2.45) is 0 Å². The second kappa shape index (κ2) is 5.80. The summed E-state index contributed by atoms with van der Waals surface area (Å²) in [6.45, 7) is 3.58. The standard InChI is InChI=1S/C20H20O2/c1-15-19(17-9-5-3-6-10-17)13-14-20(22-15,16(2)21)18-11-7-4-8-12-18/h3-12H,13-14H2,1-2H3. The third-order valence-electron chi connectivity index (χ3n) is 4.41. The van der Waals surface area contributed by atoms with E-state index in [4.69, 9.17) is 4.74 Å². The molecule has 22 heavy (non-hydrogen) atoms. The normalized spacial score (nSPS) is 21.4. The summed E-state index contributed by atoms with van der Waals surface area (Å²) < 4.78 is 6.22. The molecule has 0 aliphatic carbocycles. The third-order valence-corrected chi connectivity index (χ3v) is 4.41. The third kappa shape index (κ3) is 2.45. The maximum atomic E-state index is 12.4. The summed E-state index contributed by atoms with van der Waals surface area (Å²) in [7, 11) is 0. The molecule has 1 heterocycles. The van der Waals surface area contributed by atoms with Crippen LogP contribution in [0, 0.1) is 0 Å². The van der Waals surface area contributed by atoms with E-state index in [0.29, 0.717) is 6.42 Å². The van der Waals surface area contributed by atoms with Crippen molar-refractivity contribution in [3.63, 3.8) is 0 Å². The van der Waals surface area contributed by atoms with Gasteiger partial charge in [0.2, 0.25) is 0 Å². The lowest BCUT2D eigenvalue weighted by Gasteiger charge is -2.38. The molecule has 2 aromatic rings. The topological polar surface area (TPSA) is 26.3 Å². The molecule has 0 saturated carbocycles. The van der Waals surface area contributed by atoms with Gasteiger partial charge in [-0.3, -0.25) is 4.79 Å². The highest BCUT2D eigenvalue weighted by molar-refractivity contribution is 5.87. The first-order valence-electron chi connectivity index (χ1n) is 7.64. The zero-order chi connectivity index (χ0) is 15.6. The molecular formula is C20H20O2. The first-order chi connectivity index (χ1) is 10.6. The summed E-state index contributed by atoms with van der Waals surface area (Å²) in [5, 5.41) is 0. The highest BCUT2D eigenvalue weighted by Gasteiger charge is 2.42. The van der Waals surface area contributed by atoms with Crippen LogP contribution in [-0.4, -0.2) is 5.78 Å². The molecule has 0 saturated heterocycles. The van der Waals surface area contributed by atoms with Gasteiger partial charge in [0.05, 0.1) is 5.76 Å². The van der Waals surface area contributed by atoms with Crippen molar-refractivity contribution in [2.75, 3.05) is 0 Å². The number of carbonyl (C=O) groups excluding carboxylic acids is 1. The summed E-state index contributed by atoms with van der Waals surface area (Å²) in [5.41, 5.74) is 2.46. The van der Waals surface area contributed by atoms with Crippen molar-refractivity contribution in [3.05, 3.63) is 77.5 Å². The first-order valence-corrected chi connectivity index (χ1v) is 7.64. The van der Waals surface area contributed by atoms with E-state index in [2.05, 4.69) is 12.1 Å². The summed E-state index contributed by atoms with van der Waals surface area (Å²) in [6.07, 6.45) is 1.51. The van der Waals surface area contributed by atoms with E-state index in [-0.39, 0.29) is 5.78 Å². The maximum Gasteiger partial charge on any atom is 0.191 e. The van der Waals surface area contributed by atoms with Crippen molar-refractivity contribution in [3.8, 4) is 0 Å². The van der Waals surface area contributed by atoms with Crippen molar-refractivity contribution in [2.45, 2.75) is 32.3 Å². The van der Waals surface area contributed by atoms with E-state index in [1.54, 1.807) is 6.92 Å². The number of rotatable bonds is 3. The van der Waals surface area contributed by atoms with E-state index < -0.39 is 5.60 Å². The van der Waals surface area contributed by atoms with E-state index in [1.807, 2.05) is 55.5 Å². The summed E-state index contributed by atoms with van der Waals surface area (Å²) >= 11 is 0. The number of benzene rings is 2. The monoisotopic (exact) mass is 292 g/mol. The van der Waals surface area contributed by atoms with Crippen LogP contribution in [0.3, 0.4) is 0 Å². The highest BCUT2D eigenvalue weighted by Crippen LogP contribution is 2.43. The smallest absolute Gasteiger partial charge is 0.191 e. The van der Waals surface area contributed by atoms with Crippen LogP contribution in [0.15, 0.2) is 66.4 Å². The Morgan fingerprint density at radius 3 is 2.14 bits per heavy atom. The predicted molar refractivity (Wildman–Crippen MR) is 88.2 cm³/mol. The van der Waals surface area contributed by atoms with Crippen LogP contribution in [0.5, 0.6) is 0 Å². The molecule has 0 amide bonds. The molecule has 0 radical (unpaired) electrons. The van der Waals surface area contributed by atoms with Gasteiger partial charge >= 0.3 is 0 Å². The summed E-state index contributed by atoms with van der Waals surface area (Å²) in [5.74, 6) is 0.904. The average Bonchev–Trinajstić information content (AvgIpc) is 2.56. The Hall–Kier alpha value is -2.35. The molecule has 2 heteroatoms. The Morgan fingerprint density at radius 1 is 1.00 bits per heavy atom. The van der Waals surface area contributed by atoms with Gasteiger partial charge in [-0.05, 0) is 31.4 Å². The lowest BCUT2D eigenvalue weighted by Crippen LogP contribution is -2.39. The highest BCUT2D eigenvalue weighted by atomic mass is 16.5. The van der Waals surface area contributed by atoms with Crippen molar-refractivity contribution in [1.29, 1.82) is 0 Å². The van der Waals surface area contributed by atoms with E-state index in [9.17, 15) is 4.79 Å². The molecule has 2 nitrogen and oxygen atoms in total. The number of hydrogen-bond acceptors (Lipinski definition) is 2. The minimum Gasteiger partial charge on any atom is -0.479 e. The molecule has 2 aromatic carbocycles. The minimum atomic E-state index is -0.844. The number of hydrogen-bond donors (Lipinski definition) is 0. The molecule has 0 bridgehead atoms. The molecule has 0 spiro atoms. The fourth-order valence-electron chi connectivity index (χ4n) is 3.20. The Balaban J connectivity index is 2.02. The van der Waals surface area contributed by atoms with Crippen LogP contribution in [0.25, 0.3) is 5.57 Å². The molecule has 0 N–H and O–H groups in total. The summed E-state index contributed by atoms with van der Waals surface area (Å²) in [6, 6.07) is 20.1. The first kappa shape index (κ1) is 14.6. The van der Waals surface area contributed by atoms with Crippen LogP contribution in [0.2, 0.25) is 0 Å². The molecule has 0 fully saturated rings. The van der Waals surface area contributed by atoms with Gasteiger partial charge in [-0.1, -0.05) is 60.7 Å². The SMILES string of the molecule is CC(=O)C1(c2ccccc2)CCC(c2ccccc2)=C(C)O1. The Labute approximate surface area is 131 Å². The number of allylic oxidation sites excluding steroid dienone is 2. The molecule has 0 aromatic heterocycles. The summed E-state index contributed by atoms with van der Waals surface area (Å²) in [4.78, 5) is 12.4. The van der Waals surface area contributed by atoms with Gasteiger partial charge in [-0.15, -0.1) is 0 Å². The molecule has 1 aliphatic heterocycles. The fourth-order valence-corrected chi connectivity index (χ4v) is 3.20. The van der Waals surface area contributed by atoms with Gasteiger partial charge in [0.25, 0.3) is 0 Å². The van der Waals surface area contributed by atoms with E-state index in [0.717, 1.165) is 17.7 Å². The minimum absolute atomic E-state index is 0.0603. The zero-order valence-corrected chi connectivity index (χ0v) is 13.0. The Kier molecular flexibility index (Phi) is 3.84. The maximum absolute atomic E-state index is 12.4. The van der Waals surface area contributed by atoms with Gasteiger partial charge in [-0.25, -0.2) is 0 Å². The largest absolute Gasteiger partial charge is 0.479 e. The van der Waals surface area contributed by atoms with Crippen LogP contribution < -0.4 is 0 Å². The van der Waals surface area contributed by atoms with Crippen LogP contribution in [0.4, 0.5) is 0 Å². The zero-order valence-electron chi connectivity index (χ0n) is 13.0. The lowest BCUT2D eigenvalue weighted by molar-refractivity contribution is -0.140. The molecule has 112 valence electrons. The van der Waals surface area contributed by atoms with Crippen LogP contribution in [0.1, 0.15) is 37.8 Å².